The topological polar surface area (TPSA) is 84.9 Å². The molecule has 0 radical (unpaired) electrons. The molecule has 0 aromatic heterocycles. The Hall–Kier alpha value is -2.69. The van der Waals surface area contributed by atoms with Gasteiger partial charge in [-0.05, 0) is 81.6 Å². The summed E-state index contributed by atoms with van der Waals surface area (Å²) in [5.74, 6) is -2.76. The number of nitrogens with zero attached hydrogens (tertiary/aromatic N) is 2. The van der Waals surface area contributed by atoms with Crippen LogP contribution in [0.15, 0.2) is 36.4 Å². The Bertz CT molecular complexity index is 1110. The molecule has 7 nitrogen and oxygen atoms in total. The number of hydrogen-bond acceptors (Lipinski definition) is 4. The summed E-state index contributed by atoms with van der Waals surface area (Å²) in [6, 6.07) is 12.1. The molecule has 2 aliphatic rings. The number of carbonyl (C=O) groups is 2. The van der Waals surface area contributed by atoms with Crippen molar-refractivity contribution < 1.29 is 27.9 Å². The Morgan fingerprint density at radius 2 is 1.62 bits per heavy atom. The molecule has 12 heteroatoms. The fraction of sp³-hybridized carbons (Fsp3) is 0.440. The molecule has 2 aromatic rings. The largest absolute Gasteiger partial charge is 0.490 e. The summed E-state index contributed by atoms with van der Waals surface area (Å²) in [4.78, 5) is 26.4. The molecule has 3 N–H and O–H groups in total. The fourth-order valence-electron chi connectivity index (χ4n) is 4.74. The Balaban J connectivity index is 0.000000479. The van der Waals surface area contributed by atoms with Crippen LogP contribution in [0, 0.1) is 6.92 Å². The number of nitrogens with one attached hydrogen (secondary N) is 2. The highest BCUT2D eigenvalue weighted by atomic mass is 35.5. The van der Waals surface area contributed by atoms with Crippen molar-refractivity contribution in [1.29, 1.82) is 0 Å². The number of carbonyl (C=O) groups excluding carboxylic acids is 1. The molecule has 2 aromatic carbocycles. The summed E-state index contributed by atoms with van der Waals surface area (Å²) in [5, 5.41) is 13.7. The van der Waals surface area contributed by atoms with E-state index in [4.69, 9.17) is 33.1 Å². The summed E-state index contributed by atoms with van der Waals surface area (Å²) >= 11 is 12.0. The van der Waals surface area contributed by atoms with Gasteiger partial charge in [0.15, 0.2) is 0 Å². The Morgan fingerprint density at radius 3 is 2.16 bits per heavy atom. The number of hydrogen-bond donors (Lipinski definition) is 3. The smallest absolute Gasteiger partial charge is 0.475 e. The van der Waals surface area contributed by atoms with E-state index in [2.05, 4.69) is 40.3 Å². The van der Waals surface area contributed by atoms with Gasteiger partial charge in [0.25, 0.3) is 0 Å². The molecule has 0 bridgehead atoms. The van der Waals surface area contributed by atoms with E-state index in [0.717, 1.165) is 24.3 Å². The van der Waals surface area contributed by atoms with Gasteiger partial charge in [0.05, 0.1) is 0 Å². The second-order valence-electron chi connectivity index (χ2n) is 9.16. The van der Waals surface area contributed by atoms with Crippen LogP contribution in [0.4, 0.5) is 35.0 Å². The molecule has 0 spiro atoms. The van der Waals surface area contributed by atoms with E-state index in [1.165, 1.54) is 31.5 Å². The third-order valence-corrected chi connectivity index (χ3v) is 6.83. The highest BCUT2D eigenvalue weighted by molar-refractivity contribution is 6.35. The molecule has 2 unspecified atom stereocenters. The number of halogens is 5. The van der Waals surface area contributed by atoms with Crippen molar-refractivity contribution in [2.24, 2.45) is 0 Å². The van der Waals surface area contributed by atoms with Crippen LogP contribution in [-0.2, 0) is 4.79 Å². The first-order valence-electron chi connectivity index (χ1n) is 11.8. The molecule has 4 rings (SSSR count). The van der Waals surface area contributed by atoms with Crippen LogP contribution in [0.25, 0.3) is 0 Å². The van der Waals surface area contributed by atoms with Crippen LogP contribution in [0.1, 0.15) is 31.7 Å². The first-order valence-corrected chi connectivity index (χ1v) is 12.5. The standard InChI is InChI=1S/C23H28Cl2N4O.C2HF3O2/c1-15-10-19(26-23(30)27-20-12-17(24)11-18(25)13-20)5-6-22(15)28-9-7-21(14-28)29-8-3-4-16(29)2;3-2(4,5)1(6)7/h5-6,10-13,16,21H,3-4,7-9,14H2,1-2H3,(H2,26,27,30);(H,6,7). The van der Waals surface area contributed by atoms with Crippen molar-refractivity contribution in [3.63, 3.8) is 0 Å². The lowest BCUT2D eigenvalue weighted by Crippen LogP contribution is -2.39. The second-order valence-corrected chi connectivity index (χ2v) is 10.0. The summed E-state index contributed by atoms with van der Waals surface area (Å²) in [6.07, 6.45) is -1.23. The van der Waals surface area contributed by atoms with Crippen molar-refractivity contribution in [2.45, 2.75) is 51.4 Å². The highest BCUT2D eigenvalue weighted by Crippen LogP contribution is 2.31. The number of aryl methyl sites for hydroxylation is 1. The maximum atomic E-state index is 12.4. The van der Waals surface area contributed by atoms with Crippen LogP contribution in [0.3, 0.4) is 0 Å². The number of rotatable bonds is 4. The third-order valence-electron chi connectivity index (χ3n) is 6.40. The summed E-state index contributed by atoms with van der Waals surface area (Å²) in [6.45, 7) is 7.84. The lowest BCUT2D eigenvalue weighted by molar-refractivity contribution is -0.192. The van der Waals surface area contributed by atoms with Crippen LogP contribution in [-0.4, -0.2) is 59.9 Å². The van der Waals surface area contributed by atoms with Gasteiger partial charge >= 0.3 is 18.2 Å². The molecular formula is C25H29Cl2F3N4O3. The minimum absolute atomic E-state index is 0.329. The zero-order chi connectivity index (χ0) is 27.3. The van der Waals surface area contributed by atoms with Gasteiger partial charge < -0.3 is 20.6 Å². The van der Waals surface area contributed by atoms with E-state index >= 15 is 0 Å². The number of amides is 2. The number of aliphatic carboxylic acids is 1. The first-order chi connectivity index (χ1) is 17.3. The van der Waals surface area contributed by atoms with Gasteiger partial charge in [-0.2, -0.15) is 13.2 Å². The van der Waals surface area contributed by atoms with E-state index in [1.54, 1.807) is 18.2 Å². The predicted molar refractivity (Wildman–Crippen MR) is 140 cm³/mol. The molecule has 2 heterocycles. The molecular weight excluding hydrogens is 532 g/mol. The molecule has 2 fully saturated rings. The molecule has 2 aliphatic heterocycles. The molecule has 0 saturated carbocycles. The molecule has 37 heavy (non-hydrogen) atoms. The molecule has 2 amide bonds. The number of urea groups is 1. The average molecular weight is 561 g/mol. The van der Waals surface area contributed by atoms with Gasteiger partial charge in [-0.25, -0.2) is 9.59 Å². The highest BCUT2D eigenvalue weighted by Gasteiger charge is 2.38. The van der Waals surface area contributed by atoms with E-state index in [9.17, 15) is 18.0 Å². The van der Waals surface area contributed by atoms with Gasteiger partial charge in [-0.1, -0.05) is 23.2 Å². The van der Waals surface area contributed by atoms with Gasteiger partial charge in [-0.3, -0.25) is 4.90 Å². The van der Waals surface area contributed by atoms with Crippen LogP contribution in [0.5, 0.6) is 0 Å². The monoisotopic (exact) mass is 560 g/mol. The number of carboxylic acid groups (broad SMARTS) is 1. The van der Waals surface area contributed by atoms with Gasteiger partial charge in [-0.15, -0.1) is 0 Å². The average Bonchev–Trinajstić information content (AvgIpc) is 3.41. The minimum atomic E-state index is -5.08. The Kier molecular flexibility index (Phi) is 9.55. The van der Waals surface area contributed by atoms with Crippen molar-refractivity contribution >= 4 is 52.3 Å². The van der Waals surface area contributed by atoms with Crippen LogP contribution >= 0.6 is 23.2 Å². The summed E-state index contributed by atoms with van der Waals surface area (Å²) in [7, 11) is 0. The van der Waals surface area contributed by atoms with Crippen molar-refractivity contribution in [3.05, 3.63) is 52.0 Å². The van der Waals surface area contributed by atoms with E-state index in [0.29, 0.717) is 27.8 Å². The van der Waals surface area contributed by atoms with Gasteiger partial charge in [0.1, 0.15) is 0 Å². The van der Waals surface area contributed by atoms with Gasteiger partial charge in [0.2, 0.25) is 0 Å². The zero-order valence-electron chi connectivity index (χ0n) is 20.4. The molecule has 0 aliphatic carbocycles. The number of carboxylic acids is 1. The number of anilines is 3. The fourth-order valence-corrected chi connectivity index (χ4v) is 5.26. The van der Waals surface area contributed by atoms with Crippen LogP contribution < -0.4 is 15.5 Å². The summed E-state index contributed by atoms with van der Waals surface area (Å²) < 4.78 is 31.7. The maximum Gasteiger partial charge on any atom is 0.490 e. The zero-order valence-corrected chi connectivity index (χ0v) is 21.9. The molecule has 202 valence electrons. The van der Waals surface area contributed by atoms with Crippen molar-refractivity contribution in [2.75, 3.05) is 35.2 Å². The second kappa shape index (κ2) is 12.2. The van der Waals surface area contributed by atoms with Crippen molar-refractivity contribution in [3.8, 4) is 0 Å². The normalized spacial score (nSPS) is 19.8. The van der Waals surface area contributed by atoms with E-state index in [1.807, 2.05) is 12.1 Å². The number of likely N-dealkylation sites (tertiary alicyclic amines) is 1. The predicted octanol–water partition coefficient (Wildman–Crippen LogP) is 6.64. The maximum absolute atomic E-state index is 12.4. The lowest BCUT2D eigenvalue weighted by Gasteiger charge is -2.29. The lowest BCUT2D eigenvalue weighted by atomic mass is 10.1. The minimum Gasteiger partial charge on any atom is -0.475 e. The van der Waals surface area contributed by atoms with E-state index < -0.39 is 12.1 Å². The summed E-state index contributed by atoms with van der Waals surface area (Å²) in [5.41, 5.74) is 3.72. The number of benzene rings is 2. The Labute approximate surface area is 223 Å². The quantitative estimate of drug-likeness (QED) is 0.390. The van der Waals surface area contributed by atoms with Crippen molar-refractivity contribution in [1.82, 2.24) is 4.90 Å². The third kappa shape index (κ3) is 8.15. The first kappa shape index (κ1) is 28.9. The molecule has 2 atom stereocenters. The van der Waals surface area contributed by atoms with E-state index in [-0.39, 0.29) is 6.03 Å². The Morgan fingerprint density at radius 1 is 1.00 bits per heavy atom. The SMILES string of the molecule is Cc1cc(NC(=O)Nc2cc(Cl)cc(Cl)c2)ccc1N1CCC(N2CCCC2C)C1.O=C(O)C(F)(F)F. The molecule has 2 saturated heterocycles. The van der Waals surface area contributed by atoms with Crippen LogP contribution in [0.2, 0.25) is 10.0 Å². The van der Waals surface area contributed by atoms with Gasteiger partial charge in [0, 0.05) is 52.3 Å². The number of alkyl halides is 3.